The van der Waals surface area contributed by atoms with Crippen LogP contribution in [0.15, 0.2) is 48.5 Å². The first-order valence-corrected chi connectivity index (χ1v) is 7.72. The summed E-state index contributed by atoms with van der Waals surface area (Å²) in [7, 11) is 0. The summed E-state index contributed by atoms with van der Waals surface area (Å²) in [4.78, 5) is 8.48. The molecule has 1 aromatic heterocycles. The van der Waals surface area contributed by atoms with Crippen LogP contribution in [-0.2, 0) is 3.79 Å². The van der Waals surface area contributed by atoms with E-state index >= 15 is 0 Å². The number of fused-ring (bicyclic) bond motifs is 1. The molecule has 0 bridgehead atoms. The van der Waals surface area contributed by atoms with Crippen LogP contribution >= 0.6 is 46.4 Å². The first kappa shape index (κ1) is 15.6. The highest BCUT2D eigenvalue weighted by Crippen LogP contribution is 2.38. The maximum absolute atomic E-state index is 5.96. The fourth-order valence-electron chi connectivity index (χ4n) is 1.89. The van der Waals surface area contributed by atoms with Crippen LogP contribution in [0.1, 0.15) is 5.82 Å². The molecule has 3 nitrogen and oxygen atoms in total. The normalized spacial score (nSPS) is 11.6. The summed E-state index contributed by atoms with van der Waals surface area (Å²) in [6.07, 6.45) is 0. The molecule has 0 N–H and O–H groups in total. The lowest BCUT2D eigenvalue weighted by atomic mass is 10.2. The molecule has 2 aromatic carbocycles. The SMILES string of the molecule is Clc1cccc(Oc2nc(C(Cl)(Cl)Cl)nc3ccccc23)c1. The summed E-state index contributed by atoms with van der Waals surface area (Å²) in [6.45, 7) is 0. The van der Waals surface area contributed by atoms with Gasteiger partial charge in [-0.3, -0.25) is 0 Å². The molecule has 0 fully saturated rings. The van der Waals surface area contributed by atoms with Gasteiger partial charge >= 0.3 is 0 Å². The average Bonchev–Trinajstić information content (AvgIpc) is 2.46. The molecule has 112 valence electrons. The van der Waals surface area contributed by atoms with E-state index in [1.54, 1.807) is 30.3 Å². The Bertz CT molecular complexity index is 833. The maximum atomic E-state index is 5.96. The Kier molecular flexibility index (Phi) is 4.33. The van der Waals surface area contributed by atoms with Gasteiger partial charge in [0.1, 0.15) is 5.75 Å². The maximum Gasteiger partial charge on any atom is 0.250 e. The summed E-state index contributed by atoms with van der Waals surface area (Å²) >= 11 is 23.6. The third-order valence-corrected chi connectivity index (χ3v) is 3.57. The summed E-state index contributed by atoms with van der Waals surface area (Å²) < 4.78 is 4.06. The smallest absolute Gasteiger partial charge is 0.250 e. The summed E-state index contributed by atoms with van der Waals surface area (Å²) in [5.41, 5.74) is 0.621. The molecule has 0 atom stereocenters. The highest BCUT2D eigenvalue weighted by atomic mass is 35.6. The molecule has 22 heavy (non-hydrogen) atoms. The molecule has 7 heteroatoms. The largest absolute Gasteiger partial charge is 0.438 e. The Morgan fingerprint density at radius 2 is 1.68 bits per heavy atom. The van der Waals surface area contributed by atoms with Gasteiger partial charge in [0, 0.05) is 5.02 Å². The van der Waals surface area contributed by atoms with Crippen molar-refractivity contribution in [3.63, 3.8) is 0 Å². The molecule has 0 aliphatic carbocycles. The van der Waals surface area contributed by atoms with E-state index in [0.29, 0.717) is 27.6 Å². The number of para-hydroxylation sites is 1. The van der Waals surface area contributed by atoms with Crippen LogP contribution in [0, 0.1) is 0 Å². The fraction of sp³-hybridized carbons (Fsp3) is 0.0667. The van der Waals surface area contributed by atoms with E-state index in [2.05, 4.69) is 9.97 Å². The van der Waals surface area contributed by atoms with Gasteiger partial charge < -0.3 is 4.74 Å². The van der Waals surface area contributed by atoms with Crippen LogP contribution in [0.2, 0.25) is 5.02 Å². The zero-order valence-corrected chi connectivity index (χ0v) is 14.0. The van der Waals surface area contributed by atoms with Crippen molar-refractivity contribution in [1.29, 1.82) is 0 Å². The molecule has 0 aliphatic heterocycles. The monoisotopic (exact) mass is 372 g/mol. The van der Waals surface area contributed by atoms with Gasteiger partial charge in [-0.1, -0.05) is 64.6 Å². The van der Waals surface area contributed by atoms with Crippen molar-refractivity contribution in [1.82, 2.24) is 9.97 Å². The Morgan fingerprint density at radius 3 is 2.41 bits per heavy atom. The highest BCUT2D eigenvalue weighted by Gasteiger charge is 2.28. The van der Waals surface area contributed by atoms with Crippen LogP contribution in [0.5, 0.6) is 11.6 Å². The fourth-order valence-corrected chi connectivity index (χ4v) is 2.33. The third kappa shape index (κ3) is 3.39. The van der Waals surface area contributed by atoms with Gasteiger partial charge in [0.2, 0.25) is 9.67 Å². The van der Waals surface area contributed by atoms with Gasteiger partial charge in [0.15, 0.2) is 5.82 Å². The van der Waals surface area contributed by atoms with Crippen LogP contribution < -0.4 is 4.74 Å². The van der Waals surface area contributed by atoms with Gasteiger partial charge in [-0.15, -0.1) is 0 Å². The topological polar surface area (TPSA) is 35.0 Å². The second kappa shape index (κ2) is 6.09. The average molecular weight is 374 g/mol. The first-order chi connectivity index (χ1) is 10.4. The predicted octanol–water partition coefficient (Wildman–Crippen LogP) is 5.90. The number of aromatic nitrogens is 2. The predicted molar refractivity (Wildman–Crippen MR) is 90.3 cm³/mol. The highest BCUT2D eigenvalue weighted by molar-refractivity contribution is 6.66. The minimum atomic E-state index is -1.74. The lowest BCUT2D eigenvalue weighted by Crippen LogP contribution is -2.08. The lowest BCUT2D eigenvalue weighted by molar-refractivity contribution is 0.466. The molecule has 1 heterocycles. The Labute approximate surface area is 146 Å². The van der Waals surface area contributed by atoms with Crippen molar-refractivity contribution < 1.29 is 4.74 Å². The zero-order valence-electron chi connectivity index (χ0n) is 10.9. The second-order valence-corrected chi connectivity index (χ2v) is 7.14. The van der Waals surface area contributed by atoms with Gasteiger partial charge in [-0.2, -0.15) is 4.98 Å². The van der Waals surface area contributed by atoms with Gasteiger partial charge in [0.05, 0.1) is 10.9 Å². The van der Waals surface area contributed by atoms with E-state index in [4.69, 9.17) is 51.1 Å². The second-order valence-electron chi connectivity index (χ2n) is 4.43. The molecule has 0 saturated heterocycles. The summed E-state index contributed by atoms with van der Waals surface area (Å²) in [5.74, 6) is 0.883. The molecule has 0 radical (unpaired) electrons. The number of hydrogen-bond donors (Lipinski definition) is 0. The number of benzene rings is 2. The Hall–Kier alpha value is -1.26. The zero-order chi connectivity index (χ0) is 15.7. The number of halogens is 4. The van der Waals surface area contributed by atoms with Crippen molar-refractivity contribution in [3.05, 3.63) is 59.4 Å². The molecule has 0 aliphatic rings. The number of ether oxygens (including phenoxy) is 1. The molecule has 0 saturated carbocycles. The van der Waals surface area contributed by atoms with Crippen molar-refractivity contribution in [2.75, 3.05) is 0 Å². The number of alkyl halides is 3. The minimum Gasteiger partial charge on any atom is -0.438 e. The van der Waals surface area contributed by atoms with Crippen molar-refractivity contribution in [2.24, 2.45) is 0 Å². The standard InChI is InChI=1S/C15H8Cl4N2O/c16-9-4-3-5-10(8-9)22-13-11-6-1-2-7-12(11)20-14(21-13)15(17,18)19/h1-8H. The lowest BCUT2D eigenvalue weighted by Gasteiger charge is -2.13. The van der Waals surface area contributed by atoms with E-state index in [0.717, 1.165) is 0 Å². The van der Waals surface area contributed by atoms with Crippen LogP contribution in [0.4, 0.5) is 0 Å². The number of rotatable bonds is 2. The molecule has 0 unspecified atom stereocenters. The molecule has 0 amide bonds. The van der Waals surface area contributed by atoms with Gasteiger partial charge in [-0.05, 0) is 30.3 Å². The molecule has 3 rings (SSSR count). The van der Waals surface area contributed by atoms with Crippen molar-refractivity contribution >= 4 is 57.3 Å². The first-order valence-electron chi connectivity index (χ1n) is 6.21. The van der Waals surface area contributed by atoms with E-state index in [9.17, 15) is 0 Å². The quantitative estimate of drug-likeness (QED) is 0.524. The molecular weight excluding hydrogens is 366 g/mol. The summed E-state index contributed by atoms with van der Waals surface area (Å²) in [5, 5.41) is 1.26. The van der Waals surface area contributed by atoms with E-state index < -0.39 is 3.79 Å². The van der Waals surface area contributed by atoms with Crippen LogP contribution in [0.25, 0.3) is 10.9 Å². The molecule has 0 spiro atoms. The number of hydrogen-bond acceptors (Lipinski definition) is 3. The van der Waals surface area contributed by atoms with E-state index in [1.165, 1.54) is 0 Å². The minimum absolute atomic E-state index is 0.0493. The van der Waals surface area contributed by atoms with Crippen LogP contribution in [0.3, 0.4) is 0 Å². The molecule has 3 aromatic rings. The van der Waals surface area contributed by atoms with Crippen LogP contribution in [-0.4, -0.2) is 9.97 Å². The van der Waals surface area contributed by atoms with Gasteiger partial charge in [-0.25, -0.2) is 4.98 Å². The third-order valence-electron chi connectivity index (χ3n) is 2.83. The summed E-state index contributed by atoms with van der Waals surface area (Å²) in [6, 6.07) is 14.3. The van der Waals surface area contributed by atoms with Crippen molar-refractivity contribution in [3.8, 4) is 11.6 Å². The number of nitrogens with zero attached hydrogens (tertiary/aromatic N) is 2. The van der Waals surface area contributed by atoms with E-state index in [-0.39, 0.29) is 5.82 Å². The molecular formula is C15H8Cl4N2O. The Balaban J connectivity index is 2.14. The Morgan fingerprint density at radius 1 is 0.909 bits per heavy atom. The van der Waals surface area contributed by atoms with Crippen molar-refractivity contribution in [2.45, 2.75) is 3.79 Å². The van der Waals surface area contributed by atoms with E-state index in [1.807, 2.05) is 18.2 Å². The van der Waals surface area contributed by atoms with Gasteiger partial charge in [0.25, 0.3) is 0 Å².